The van der Waals surface area contributed by atoms with E-state index >= 15 is 0 Å². The van der Waals surface area contributed by atoms with Gasteiger partial charge in [-0.25, -0.2) is 0 Å². The number of amides is 1. The summed E-state index contributed by atoms with van der Waals surface area (Å²) in [7, 11) is 2.10. The first-order valence-corrected chi connectivity index (χ1v) is 8.77. The van der Waals surface area contributed by atoms with Crippen LogP contribution in [0.15, 0.2) is 24.3 Å². The van der Waals surface area contributed by atoms with Crippen molar-refractivity contribution < 1.29 is 9.53 Å². The second kappa shape index (κ2) is 5.90. The summed E-state index contributed by atoms with van der Waals surface area (Å²) < 4.78 is 6.11. The summed E-state index contributed by atoms with van der Waals surface area (Å²) in [5, 5.41) is 1.26. The van der Waals surface area contributed by atoms with Gasteiger partial charge in [0.1, 0.15) is 5.60 Å². The molecule has 2 aromatic rings. The normalized spacial score (nSPS) is 25.0. The average Bonchev–Trinajstić information content (AvgIpc) is 2.96. The molecule has 24 heavy (non-hydrogen) atoms. The van der Waals surface area contributed by atoms with Gasteiger partial charge in [-0.15, -0.1) is 0 Å². The van der Waals surface area contributed by atoms with E-state index in [-0.39, 0.29) is 5.91 Å². The Morgan fingerprint density at radius 2 is 2.00 bits per heavy atom. The molecule has 0 spiro atoms. The van der Waals surface area contributed by atoms with E-state index < -0.39 is 5.60 Å². The fraction of sp³-hybridized carbons (Fsp3) is 0.526. The van der Waals surface area contributed by atoms with Crippen molar-refractivity contribution in [3.8, 4) is 0 Å². The van der Waals surface area contributed by atoms with Crippen LogP contribution in [0.1, 0.15) is 24.6 Å². The summed E-state index contributed by atoms with van der Waals surface area (Å²) in [6.07, 6.45) is 1.30. The van der Waals surface area contributed by atoms with Crippen molar-refractivity contribution in [2.45, 2.75) is 25.4 Å². The topological polar surface area (TPSA) is 48.6 Å². The summed E-state index contributed by atoms with van der Waals surface area (Å²) >= 11 is 0. The molecule has 0 bridgehead atoms. The van der Waals surface area contributed by atoms with Crippen LogP contribution in [0, 0.1) is 0 Å². The Morgan fingerprint density at radius 1 is 1.25 bits per heavy atom. The van der Waals surface area contributed by atoms with Crippen LogP contribution in [-0.2, 0) is 21.6 Å². The van der Waals surface area contributed by atoms with Gasteiger partial charge < -0.3 is 19.5 Å². The zero-order valence-electron chi connectivity index (χ0n) is 14.5. The number of carbonyl (C=O) groups excluding carboxylic acids is 1. The Balaban J connectivity index is 1.61. The first-order chi connectivity index (χ1) is 11.6. The first-order valence-electron chi connectivity index (χ1n) is 8.77. The van der Waals surface area contributed by atoms with Crippen LogP contribution in [0.2, 0.25) is 0 Å². The third-order valence-electron chi connectivity index (χ3n) is 5.46. The maximum Gasteiger partial charge on any atom is 0.225 e. The van der Waals surface area contributed by atoms with Crippen LogP contribution in [-0.4, -0.2) is 60.5 Å². The molecule has 1 saturated heterocycles. The van der Waals surface area contributed by atoms with Gasteiger partial charge in [0, 0.05) is 37.1 Å². The molecule has 1 aromatic heterocycles. The minimum Gasteiger partial charge on any atom is -0.368 e. The Hall–Kier alpha value is -1.85. The molecule has 1 fully saturated rings. The molecule has 5 heteroatoms. The molecular formula is C19H25N3O2. The van der Waals surface area contributed by atoms with Gasteiger partial charge in [-0.2, -0.15) is 0 Å². The Bertz CT molecular complexity index is 761. The van der Waals surface area contributed by atoms with Crippen LogP contribution >= 0.6 is 0 Å². The lowest BCUT2D eigenvalue weighted by atomic mass is 9.89. The lowest BCUT2D eigenvalue weighted by Crippen LogP contribution is -2.49. The highest BCUT2D eigenvalue weighted by Gasteiger charge is 2.39. The molecule has 0 aliphatic carbocycles. The van der Waals surface area contributed by atoms with E-state index in [1.807, 2.05) is 17.9 Å². The van der Waals surface area contributed by atoms with E-state index in [1.54, 1.807) is 0 Å². The number of fused-ring (bicyclic) bond motifs is 3. The molecule has 1 N–H and O–H groups in total. The number of piperazine rings is 1. The average molecular weight is 327 g/mol. The number of para-hydroxylation sites is 1. The molecule has 1 aromatic carbocycles. The fourth-order valence-electron chi connectivity index (χ4n) is 3.96. The number of nitrogens with zero attached hydrogens (tertiary/aromatic N) is 2. The van der Waals surface area contributed by atoms with Gasteiger partial charge in [0.15, 0.2) is 0 Å². The standard InChI is InChI=1S/C19H25N3O2/c1-19(13-17(23)22-10-8-21(2)9-11-22)18-15(7-12-24-19)14-5-3-4-6-16(14)20-18/h3-6,20H,7-13H2,1-2H3. The molecule has 3 heterocycles. The van der Waals surface area contributed by atoms with Crippen LogP contribution in [0.25, 0.3) is 10.9 Å². The van der Waals surface area contributed by atoms with Gasteiger partial charge in [0.25, 0.3) is 0 Å². The summed E-state index contributed by atoms with van der Waals surface area (Å²) in [5.41, 5.74) is 2.96. The van der Waals surface area contributed by atoms with Crippen molar-refractivity contribution in [3.63, 3.8) is 0 Å². The summed E-state index contributed by atoms with van der Waals surface area (Å²) in [5.74, 6) is 0.192. The van der Waals surface area contributed by atoms with Crippen molar-refractivity contribution in [2.24, 2.45) is 0 Å². The minimum atomic E-state index is -0.562. The maximum atomic E-state index is 12.8. The lowest BCUT2D eigenvalue weighted by Gasteiger charge is -2.37. The number of nitrogens with one attached hydrogen (secondary N) is 1. The highest BCUT2D eigenvalue weighted by molar-refractivity contribution is 5.86. The van der Waals surface area contributed by atoms with Crippen molar-refractivity contribution in [1.29, 1.82) is 0 Å². The van der Waals surface area contributed by atoms with Gasteiger partial charge in [-0.3, -0.25) is 4.79 Å². The van der Waals surface area contributed by atoms with Gasteiger partial charge >= 0.3 is 0 Å². The molecule has 1 atom stereocenters. The number of carbonyl (C=O) groups is 1. The number of hydrogen-bond donors (Lipinski definition) is 1. The SMILES string of the molecule is CN1CCN(C(=O)CC2(C)OCCc3c2[nH]c2ccccc32)CC1. The summed E-state index contributed by atoms with van der Waals surface area (Å²) in [6, 6.07) is 8.35. The summed E-state index contributed by atoms with van der Waals surface area (Å²) in [4.78, 5) is 20.6. The Labute approximate surface area is 142 Å². The van der Waals surface area contributed by atoms with E-state index in [0.29, 0.717) is 13.0 Å². The number of likely N-dealkylation sites (N-methyl/N-ethyl adjacent to an activating group) is 1. The number of ether oxygens (including phenoxy) is 1. The van der Waals surface area contributed by atoms with Crippen LogP contribution < -0.4 is 0 Å². The highest BCUT2D eigenvalue weighted by atomic mass is 16.5. The predicted molar refractivity (Wildman–Crippen MR) is 94.0 cm³/mol. The van der Waals surface area contributed by atoms with Crippen molar-refractivity contribution in [2.75, 3.05) is 39.8 Å². The number of aromatic nitrogens is 1. The molecule has 4 rings (SSSR count). The van der Waals surface area contributed by atoms with Crippen molar-refractivity contribution >= 4 is 16.8 Å². The van der Waals surface area contributed by atoms with Gasteiger partial charge in [-0.1, -0.05) is 18.2 Å². The minimum absolute atomic E-state index is 0.192. The number of hydrogen-bond acceptors (Lipinski definition) is 3. The molecule has 128 valence electrons. The van der Waals surface area contributed by atoms with Gasteiger partial charge in [-0.05, 0) is 32.0 Å². The van der Waals surface area contributed by atoms with Crippen LogP contribution in [0.3, 0.4) is 0 Å². The van der Waals surface area contributed by atoms with Crippen LogP contribution in [0.4, 0.5) is 0 Å². The number of rotatable bonds is 2. The molecule has 0 radical (unpaired) electrons. The van der Waals surface area contributed by atoms with Gasteiger partial charge in [0.05, 0.1) is 18.7 Å². The lowest BCUT2D eigenvalue weighted by molar-refractivity contribution is -0.142. The van der Waals surface area contributed by atoms with E-state index in [2.05, 4.69) is 35.1 Å². The Kier molecular flexibility index (Phi) is 3.85. The quantitative estimate of drug-likeness (QED) is 0.919. The van der Waals surface area contributed by atoms with E-state index in [4.69, 9.17) is 4.74 Å². The van der Waals surface area contributed by atoms with Crippen molar-refractivity contribution in [3.05, 3.63) is 35.5 Å². The third-order valence-corrected chi connectivity index (χ3v) is 5.46. The Morgan fingerprint density at radius 3 is 2.79 bits per heavy atom. The molecule has 1 unspecified atom stereocenters. The van der Waals surface area contributed by atoms with Gasteiger partial charge in [0.2, 0.25) is 5.91 Å². The number of aromatic amines is 1. The van der Waals surface area contributed by atoms with E-state index in [9.17, 15) is 4.79 Å². The molecular weight excluding hydrogens is 302 g/mol. The van der Waals surface area contributed by atoms with Crippen LogP contribution in [0.5, 0.6) is 0 Å². The maximum absolute atomic E-state index is 12.8. The predicted octanol–water partition coefficient (Wildman–Crippen LogP) is 2.12. The zero-order valence-corrected chi connectivity index (χ0v) is 14.5. The monoisotopic (exact) mass is 327 g/mol. The third kappa shape index (κ3) is 2.62. The number of H-pyrrole nitrogens is 1. The zero-order chi connectivity index (χ0) is 16.7. The highest BCUT2D eigenvalue weighted by Crippen LogP contribution is 2.39. The van der Waals surface area contributed by atoms with Crippen molar-refractivity contribution in [1.82, 2.24) is 14.8 Å². The second-order valence-electron chi connectivity index (χ2n) is 7.21. The van der Waals surface area contributed by atoms with E-state index in [0.717, 1.165) is 43.8 Å². The number of benzene rings is 1. The second-order valence-corrected chi connectivity index (χ2v) is 7.21. The molecule has 5 nitrogen and oxygen atoms in total. The molecule has 1 amide bonds. The fourth-order valence-corrected chi connectivity index (χ4v) is 3.96. The molecule has 2 aliphatic heterocycles. The summed E-state index contributed by atoms with van der Waals surface area (Å²) in [6.45, 7) is 6.23. The van der Waals surface area contributed by atoms with E-state index in [1.165, 1.54) is 10.9 Å². The molecule has 0 saturated carbocycles. The smallest absolute Gasteiger partial charge is 0.225 e. The molecule has 2 aliphatic rings. The first kappa shape index (κ1) is 15.7. The largest absolute Gasteiger partial charge is 0.368 e.